The number of aliphatic carboxylic acids is 1. The lowest BCUT2D eigenvalue weighted by atomic mass is 10.3. The van der Waals surface area contributed by atoms with Crippen molar-refractivity contribution >= 4 is 29.2 Å². The molecular formula is C14H17ClN2O3. The van der Waals surface area contributed by atoms with Gasteiger partial charge in [0.05, 0.1) is 13.0 Å². The minimum Gasteiger partial charge on any atom is -0.481 e. The van der Waals surface area contributed by atoms with Crippen LogP contribution in [0.25, 0.3) is 0 Å². The van der Waals surface area contributed by atoms with Crippen molar-refractivity contribution in [3.8, 4) is 0 Å². The zero-order valence-corrected chi connectivity index (χ0v) is 11.8. The minimum atomic E-state index is -0.842. The monoisotopic (exact) mass is 296 g/mol. The van der Waals surface area contributed by atoms with E-state index in [4.69, 9.17) is 16.7 Å². The zero-order chi connectivity index (χ0) is 14.5. The van der Waals surface area contributed by atoms with Gasteiger partial charge in [0, 0.05) is 23.3 Å². The van der Waals surface area contributed by atoms with Gasteiger partial charge in [0.2, 0.25) is 5.91 Å². The van der Waals surface area contributed by atoms with Crippen LogP contribution in [0, 0.1) is 0 Å². The Balaban J connectivity index is 1.86. The van der Waals surface area contributed by atoms with Crippen LogP contribution in [-0.2, 0) is 9.59 Å². The van der Waals surface area contributed by atoms with Crippen LogP contribution >= 0.6 is 11.6 Å². The Hall–Kier alpha value is -1.59. The lowest BCUT2D eigenvalue weighted by Crippen LogP contribution is -2.36. The zero-order valence-electron chi connectivity index (χ0n) is 11.0. The molecule has 2 N–H and O–H groups in total. The van der Waals surface area contributed by atoms with Crippen LogP contribution in [0.5, 0.6) is 0 Å². The number of carbonyl (C=O) groups is 2. The molecule has 1 amide bonds. The molecule has 6 heteroatoms. The second-order valence-electron chi connectivity index (χ2n) is 4.90. The third-order valence-corrected chi connectivity index (χ3v) is 3.37. The summed E-state index contributed by atoms with van der Waals surface area (Å²) in [6.45, 7) is 0.618. The molecule has 1 aliphatic carbocycles. The number of nitrogens with zero attached hydrogens (tertiary/aromatic N) is 1. The van der Waals surface area contributed by atoms with E-state index in [-0.39, 0.29) is 18.9 Å². The van der Waals surface area contributed by atoms with Gasteiger partial charge < -0.3 is 10.4 Å². The molecule has 0 heterocycles. The maximum atomic E-state index is 12.0. The number of carbonyl (C=O) groups excluding carboxylic acids is 1. The number of amides is 1. The summed E-state index contributed by atoms with van der Waals surface area (Å²) >= 11 is 5.85. The highest BCUT2D eigenvalue weighted by Crippen LogP contribution is 2.26. The van der Waals surface area contributed by atoms with Gasteiger partial charge in [-0.15, -0.1) is 0 Å². The van der Waals surface area contributed by atoms with E-state index in [1.54, 1.807) is 24.3 Å². The van der Waals surface area contributed by atoms with E-state index in [1.807, 2.05) is 4.90 Å². The summed E-state index contributed by atoms with van der Waals surface area (Å²) < 4.78 is 0. The lowest BCUT2D eigenvalue weighted by molar-refractivity contribution is -0.137. The lowest BCUT2D eigenvalue weighted by Gasteiger charge is -2.20. The van der Waals surface area contributed by atoms with E-state index in [1.165, 1.54) is 0 Å². The van der Waals surface area contributed by atoms with Gasteiger partial charge in [-0.05, 0) is 31.0 Å². The second-order valence-corrected chi connectivity index (χ2v) is 5.34. The van der Waals surface area contributed by atoms with Crippen LogP contribution < -0.4 is 5.32 Å². The number of anilines is 1. The predicted octanol–water partition coefficient (Wildman–Crippen LogP) is 2.22. The molecular weight excluding hydrogens is 280 g/mol. The molecule has 20 heavy (non-hydrogen) atoms. The fraction of sp³-hybridized carbons (Fsp3) is 0.429. The van der Waals surface area contributed by atoms with Gasteiger partial charge in [-0.2, -0.15) is 0 Å². The van der Waals surface area contributed by atoms with Gasteiger partial charge in [0.15, 0.2) is 0 Å². The molecule has 1 saturated carbocycles. The number of nitrogens with one attached hydrogen (secondary N) is 1. The fourth-order valence-corrected chi connectivity index (χ4v) is 2.21. The summed E-state index contributed by atoms with van der Waals surface area (Å²) in [5.74, 6) is -0.990. The molecule has 0 saturated heterocycles. The van der Waals surface area contributed by atoms with E-state index >= 15 is 0 Å². The summed E-state index contributed by atoms with van der Waals surface area (Å²) in [4.78, 5) is 24.5. The Labute approximate surface area is 122 Å². The SMILES string of the molecule is O=C(O)CCN(CC(=O)Nc1cccc(Cl)c1)C1CC1. The smallest absolute Gasteiger partial charge is 0.304 e. The number of carboxylic acids is 1. The van der Waals surface area contributed by atoms with Crippen molar-refractivity contribution < 1.29 is 14.7 Å². The number of carboxylic acid groups (broad SMARTS) is 1. The first-order chi connectivity index (χ1) is 9.54. The van der Waals surface area contributed by atoms with E-state index in [0.29, 0.717) is 23.3 Å². The summed E-state index contributed by atoms with van der Waals surface area (Å²) in [5.41, 5.74) is 0.650. The Morgan fingerprint density at radius 2 is 2.15 bits per heavy atom. The van der Waals surface area contributed by atoms with Crippen molar-refractivity contribution in [2.75, 3.05) is 18.4 Å². The first-order valence-electron chi connectivity index (χ1n) is 6.56. The first-order valence-corrected chi connectivity index (χ1v) is 6.93. The number of rotatable bonds is 7. The third-order valence-electron chi connectivity index (χ3n) is 3.13. The van der Waals surface area contributed by atoms with E-state index in [9.17, 15) is 9.59 Å². The Morgan fingerprint density at radius 3 is 2.75 bits per heavy atom. The van der Waals surface area contributed by atoms with Crippen molar-refractivity contribution in [3.05, 3.63) is 29.3 Å². The third kappa shape index (κ3) is 4.83. The van der Waals surface area contributed by atoms with Crippen LogP contribution in [0.1, 0.15) is 19.3 Å². The highest BCUT2D eigenvalue weighted by atomic mass is 35.5. The largest absolute Gasteiger partial charge is 0.481 e. The number of halogens is 1. The molecule has 1 aromatic rings. The number of hydrogen-bond acceptors (Lipinski definition) is 3. The molecule has 2 rings (SSSR count). The molecule has 108 valence electrons. The molecule has 1 fully saturated rings. The number of benzene rings is 1. The van der Waals surface area contributed by atoms with E-state index < -0.39 is 5.97 Å². The molecule has 0 radical (unpaired) electrons. The first kappa shape index (κ1) is 14.8. The summed E-state index contributed by atoms with van der Waals surface area (Å²) in [5, 5.41) is 12.1. The van der Waals surface area contributed by atoms with Crippen molar-refractivity contribution in [2.45, 2.75) is 25.3 Å². The van der Waals surface area contributed by atoms with Gasteiger partial charge in [-0.3, -0.25) is 14.5 Å². The average Bonchev–Trinajstić information content (AvgIpc) is 3.18. The van der Waals surface area contributed by atoms with Crippen molar-refractivity contribution in [1.82, 2.24) is 4.90 Å². The van der Waals surface area contributed by atoms with Gasteiger partial charge in [-0.25, -0.2) is 0 Å². The normalized spacial score (nSPS) is 14.3. The highest BCUT2D eigenvalue weighted by molar-refractivity contribution is 6.30. The number of hydrogen-bond donors (Lipinski definition) is 2. The quantitative estimate of drug-likeness (QED) is 0.809. The van der Waals surface area contributed by atoms with Gasteiger partial charge in [0.1, 0.15) is 0 Å². The van der Waals surface area contributed by atoms with Crippen LogP contribution in [-0.4, -0.2) is 41.0 Å². The predicted molar refractivity (Wildman–Crippen MR) is 76.9 cm³/mol. The maximum absolute atomic E-state index is 12.0. The average molecular weight is 297 g/mol. The molecule has 0 aromatic heterocycles. The Morgan fingerprint density at radius 1 is 1.40 bits per heavy atom. The highest BCUT2D eigenvalue weighted by Gasteiger charge is 2.30. The summed E-state index contributed by atoms with van der Waals surface area (Å²) in [6.07, 6.45) is 2.12. The Bertz CT molecular complexity index is 503. The summed E-state index contributed by atoms with van der Waals surface area (Å²) in [6, 6.07) is 7.29. The summed E-state index contributed by atoms with van der Waals surface area (Å²) in [7, 11) is 0. The molecule has 1 aliphatic rings. The maximum Gasteiger partial charge on any atom is 0.304 e. The molecule has 0 atom stereocenters. The second kappa shape index (κ2) is 6.72. The molecule has 0 bridgehead atoms. The van der Waals surface area contributed by atoms with E-state index in [2.05, 4.69) is 5.32 Å². The van der Waals surface area contributed by atoms with E-state index in [0.717, 1.165) is 12.8 Å². The van der Waals surface area contributed by atoms with Crippen LogP contribution in [0.15, 0.2) is 24.3 Å². The van der Waals surface area contributed by atoms with Crippen LogP contribution in [0.4, 0.5) is 5.69 Å². The molecule has 1 aromatic carbocycles. The Kier molecular flexibility index (Phi) is 4.98. The van der Waals surface area contributed by atoms with Gasteiger partial charge >= 0.3 is 5.97 Å². The minimum absolute atomic E-state index is 0.0565. The van der Waals surface area contributed by atoms with Gasteiger partial charge in [0.25, 0.3) is 0 Å². The van der Waals surface area contributed by atoms with Crippen LogP contribution in [0.3, 0.4) is 0 Å². The fourth-order valence-electron chi connectivity index (χ4n) is 2.02. The molecule has 5 nitrogen and oxygen atoms in total. The van der Waals surface area contributed by atoms with Crippen molar-refractivity contribution in [3.63, 3.8) is 0 Å². The topological polar surface area (TPSA) is 69.6 Å². The van der Waals surface area contributed by atoms with Crippen LogP contribution in [0.2, 0.25) is 5.02 Å². The molecule has 0 spiro atoms. The standard InChI is InChI=1S/C14H17ClN2O3/c15-10-2-1-3-11(8-10)16-13(18)9-17(12-4-5-12)7-6-14(19)20/h1-3,8,12H,4-7,9H2,(H,16,18)(H,19,20). The molecule has 0 unspecified atom stereocenters. The van der Waals surface area contributed by atoms with Crippen molar-refractivity contribution in [1.29, 1.82) is 0 Å². The van der Waals surface area contributed by atoms with Crippen molar-refractivity contribution in [2.24, 2.45) is 0 Å². The molecule has 0 aliphatic heterocycles. The van der Waals surface area contributed by atoms with Gasteiger partial charge in [-0.1, -0.05) is 17.7 Å².